The molecule has 3 rings (SSSR count). The second-order valence-corrected chi connectivity index (χ2v) is 8.37. The zero-order valence-electron chi connectivity index (χ0n) is 15.5. The van der Waals surface area contributed by atoms with Crippen LogP contribution in [0.2, 0.25) is 0 Å². The van der Waals surface area contributed by atoms with Crippen LogP contribution in [0, 0.1) is 23.3 Å². The van der Waals surface area contributed by atoms with Gasteiger partial charge in [0.05, 0.1) is 0 Å². The normalized spacial score (nSPS) is 16.4. The number of carbonyl (C=O) groups is 2. The van der Waals surface area contributed by atoms with Gasteiger partial charge in [0.15, 0.2) is 17.5 Å². The molecule has 0 spiro atoms. The van der Waals surface area contributed by atoms with E-state index in [9.17, 15) is 35.6 Å². The van der Waals surface area contributed by atoms with Gasteiger partial charge in [0.2, 0.25) is 10.0 Å². The number of benzene rings is 2. The minimum absolute atomic E-state index is 0.0955. The van der Waals surface area contributed by atoms with Crippen LogP contribution in [0.15, 0.2) is 35.2 Å². The Balaban J connectivity index is 1.81. The third kappa shape index (κ3) is 4.94. The molecule has 0 bridgehead atoms. The molecule has 1 fully saturated rings. The molecule has 1 atom stereocenters. The maximum atomic E-state index is 14.2. The summed E-state index contributed by atoms with van der Waals surface area (Å²) in [6.07, 6.45) is -1.05. The monoisotopic (exact) mass is 461 g/mol. The van der Waals surface area contributed by atoms with Gasteiger partial charge < -0.3 is 15.3 Å². The predicted molar refractivity (Wildman–Crippen MR) is 99.0 cm³/mol. The van der Waals surface area contributed by atoms with E-state index < -0.39 is 61.9 Å². The molecular weight excluding hydrogens is 446 g/mol. The van der Waals surface area contributed by atoms with Crippen molar-refractivity contribution in [1.82, 2.24) is 9.62 Å². The maximum Gasteiger partial charge on any atom is 0.407 e. The number of hydrogen-bond acceptors (Lipinski definition) is 4. The van der Waals surface area contributed by atoms with Crippen molar-refractivity contribution in [3.8, 4) is 0 Å². The van der Waals surface area contributed by atoms with E-state index in [2.05, 4.69) is 10.0 Å². The summed E-state index contributed by atoms with van der Waals surface area (Å²) in [5, 5.41) is 11.0. The van der Waals surface area contributed by atoms with E-state index in [1.54, 1.807) is 0 Å². The van der Waals surface area contributed by atoms with Crippen molar-refractivity contribution in [2.45, 2.75) is 17.4 Å². The standard InChI is InChI=1S/C18H15F4N3O5S/c19-12-2-1-9(17(26)23-11-6-13(20)16(22)14(21)7-11)5-15(12)31(29,30)24-10-3-4-25(8-10)18(27)28/h1-2,5-7,10,24H,3-4,8H2,(H,23,26)(H,27,28)/t10-/m0/s1. The Bertz CT molecular complexity index is 1140. The molecule has 8 nitrogen and oxygen atoms in total. The number of likely N-dealkylation sites (tertiary alicyclic amines) is 1. The van der Waals surface area contributed by atoms with Gasteiger partial charge in [-0.15, -0.1) is 0 Å². The average Bonchev–Trinajstić information content (AvgIpc) is 3.14. The summed E-state index contributed by atoms with van der Waals surface area (Å²) >= 11 is 0. The van der Waals surface area contributed by atoms with Crippen molar-refractivity contribution >= 4 is 27.7 Å². The highest BCUT2D eigenvalue weighted by Gasteiger charge is 2.31. The highest BCUT2D eigenvalue weighted by Crippen LogP contribution is 2.21. The summed E-state index contributed by atoms with van der Waals surface area (Å²) in [5.74, 6) is -7.02. The molecule has 1 aliphatic rings. The number of rotatable bonds is 5. The first-order valence-corrected chi connectivity index (χ1v) is 10.2. The number of hydrogen-bond donors (Lipinski definition) is 3. The van der Waals surface area contributed by atoms with E-state index in [0.717, 1.165) is 11.0 Å². The molecule has 13 heteroatoms. The van der Waals surface area contributed by atoms with Crippen molar-refractivity contribution in [3.05, 3.63) is 59.2 Å². The number of carboxylic acid groups (broad SMARTS) is 1. The van der Waals surface area contributed by atoms with E-state index in [1.807, 2.05) is 0 Å². The summed E-state index contributed by atoms with van der Waals surface area (Å²) < 4.78 is 81.1. The fourth-order valence-electron chi connectivity index (χ4n) is 2.99. The van der Waals surface area contributed by atoms with Gasteiger partial charge in [-0.05, 0) is 24.6 Å². The molecule has 0 aromatic heterocycles. The lowest BCUT2D eigenvalue weighted by molar-refractivity contribution is 0.102. The summed E-state index contributed by atoms with van der Waals surface area (Å²) in [7, 11) is -4.47. The van der Waals surface area contributed by atoms with Gasteiger partial charge in [0, 0.05) is 42.5 Å². The second kappa shape index (κ2) is 8.51. The number of sulfonamides is 1. The topological polar surface area (TPSA) is 116 Å². The predicted octanol–water partition coefficient (Wildman–Crippen LogP) is 2.53. The van der Waals surface area contributed by atoms with Crippen molar-refractivity contribution in [3.63, 3.8) is 0 Å². The second-order valence-electron chi connectivity index (χ2n) is 6.69. The zero-order valence-corrected chi connectivity index (χ0v) is 16.3. The lowest BCUT2D eigenvalue weighted by Gasteiger charge is -2.15. The minimum Gasteiger partial charge on any atom is -0.465 e. The Labute approximate surface area is 173 Å². The molecule has 2 aromatic rings. The van der Waals surface area contributed by atoms with Crippen LogP contribution in [0.25, 0.3) is 0 Å². The molecule has 0 saturated carbocycles. The largest absolute Gasteiger partial charge is 0.465 e. The molecule has 1 saturated heterocycles. The first-order chi connectivity index (χ1) is 14.5. The summed E-state index contributed by atoms with van der Waals surface area (Å²) in [6, 6.07) is 2.63. The molecule has 1 aliphatic heterocycles. The maximum absolute atomic E-state index is 14.2. The molecule has 0 unspecified atom stereocenters. The van der Waals surface area contributed by atoms with Crippen LogP contribution in [0.5, 0.6) is 0 Å². The van der Waals surface area contributed by atoms with Crippen molar-refractivity contribution in [2.75, 3.05) is 18.4 Å². The molecule has 1 heterocycles. The number of anilines is 1. The van der Waals surface area contributed by atoms with E-state index in [-0.39, 0.29) is 25.1 Å². The number of nitrogens with zero attached hydrogens (tertiary/aromatic N) is 1. The Morgan fingerprint density at radius 1 is 1.03 bits per heavy atom. The van der Waals surface area contributed by atoms with E-state index >= 15 is 0 Å². The first-order valence-electron chi connectivity index (χ1n) is 8.73. The van der Waals surface area contributed by atoms with Gasteiger partial charge >= 0.3 is 6.09 Å². The molecular formula is C18H15F4N3O5S. The summed E-state index contributed by atoms with van der Waals surface area (Å²) in [5.41, 5.74) is -0.793. The van der Waals surface area contributed by atoms with Gasteiger partial charge in [-0.25, -0.2) is 35.5 Å². The smallest absolute Gasteiger partial charge is 0.407 e. The Kier molecular flexibility index (Phi) is 6.18. The summed E-state index contributed by atoms with van der Waals surface area (Å²) in [4.78, 5) is 23.4. The van der Waals surface area contributed by atoms with Crippen LogP contribution < -0.4 is 10.0 Å². The van der Waals surface area contributed by atoms with Crippen molar-refractivity contribution in [1.29, 1.82) is 0 Å². The molecule has 31 heavy (non-hydrogen) atoms. The fourth-order valence-corrected chi connectivity index (χ4v) is 4.36. The number of halogens is 4. The quantitative estimate of drug-likeness (QED) is 0.468. The Hall–Kier alpha value is -3.19. The summed E-state index contributed by atoms with van der Waals surface area (Å²) in [6.45, 7) is -0.0315. The third-order valence-corrected chi connectivity index (χ3v) is 6.04. The highest BCUT2D eigenvalue weighted by atomic mass is 32.2. The van der Waals surface area contributed by atoms with Gasteiger partial charge in [0.25, 0.3) is 5.91 Å². The third-order valence-electron chi connectivity index (χ3n) is 4.51. The first kappa shape index (κ1) is 22.5. The van der Waals surface area contributed by atoms with Gasteiger partial charge in [0.1, 0.15) is 10.7 Å². The molecule has 0 aliphatic carbocycles. The minimum atomic E-state index is -4.47. The lowest BCUT2D eigenvalue weighted by Crippen LogP contribution is -2.38. The van der Waals surface area contributed by atoms with Crippen LogP contribution in [-0.2, 0) is 10.0 Å². The number of amides is 2. The van der Waals surface area contributed by atoms with Crippen LogP contribution in [0.3, 0.4) is 0 Å². The molecule has 2 aromatic carbocycles. The molecule has 3 N–H and O–H groups in total. The van der Waals surface area contributed by atoms with Crippen LogP contribution in [0.4, 0.5) is 28.0 Å². The van der Waals surface area contributed by atoms with E-state index in [0.29, 0.717) is 24.3 Å². The highest BCUT2D eigenvalue weighted by molar-refractivity contribution is 7.89. The van der Waals surface area contributed by atoms with E-state index in [4.69, 9.17) is 5.11 Å². The van der Waals surface area contributed by atoms with Crippen LogP contribution in [0.1, 0.15) is 16.8 Å². The van der Waals surface area contributed by atoms with Crippen LogP contribution >= 0.6 is 0 Å². The van der Waals surface area contributed by atoms with Crippen molar-refractivity contribution < 1.29 is 40.7 Å². The average molecular weight is 461 g/mol. The Morgan fingerprint density at radius 3 is 2.26 bits per heavy atom. The van der Waals surface area contributed by atoms with E-state index in [1.165, 1.54) is 0 Å². The Morgan fingerprint density at radius 2 is 1.68 bits per heavy atom. The number of carbonyl (C=O) groups excluding carboxylic acids is 1. The van der Waals surface area contributed by atoms with Gasteiger partial charge in [-0.1, -0.05) is 0 Å². The SMILES string of the molecule is O=C(Nc1cc(F)c(F)c(F)c1)c1ccc(F)c(S(=O)(=O)N[C@H]2CCN(C(=O)O)C2)c1. The van der Waals surface area contributed by atoms with Crippen LogP contribution in [-0.4, -0.2) is 49.6 Å². The molecule has 0 radical (unpaired) electrons. The lowest BCUT2D eigenvalue weighted by atomic mass is 10.2. The molecule has 166 valence electrons. The zero-order chi connectivity index (χ0) is 22.9. The molecule has 2 amide bonds. The number of nitrogens with one attached hydrogen (secondary N) is 2. The fraction of sp³-hybridized carbons (Fsp3) is 0.222. The van der Waals surface area contributed by atoms with Gasteiger partial charge in [-0.2, -0.15) is 0 Å². The van der Waals surface area contributed by atoms with Gasteiger partial charge in [-0.3, -0.25) is 4.79 Å². The van der Waals surface area contributed by atoms with Crippen molar-refractivity contribution in [2.24, 2.45) is 0 Å².